The first kappa shape index (κ1) is 15.2. The van der Waals surface area contributed by atoms with E-state index in [4.69, 9.17) is 4.74 Å². The molecule has 1 atom stereocenters. The number of amides is 1. The van der Waals surface area contributed by atoms with Gasteiger partial charge in [-0.05, 0) is 0 Å². The minimum Gasteiger partial charge on any atom is -0.375 e. The third-order valence-electron chi connectivity index (χ3n) is 2.25. The van der Waals surface area contributed by atoms with Crippen molar-refractivity contribution in [2.45, 2.75) is 18.7 Å². The zero-order valence-corrected chi connectivity index (χ0v) is 9.89. The number of alkyl halides is 3. The van der Waals surface area contributed by atoms with E-state index in [1.54, 1.807) is 0 Å². The Balaban J connectivity index is 1.99. The van der Waals surface area contributed by atoms with E-state index in [-0.39, 0.29) is 31.6 Å². The lowest BCUT2D eigenvalue weighted by Crippen LogP contribution is -2.41. The molecule has 1 aliphatic rings. The van der Waals surface area contributed by atoms with E-state index in [0.29, 0.717) is 13.2 Å². The molecule has 5 nitrogen and oxygen atoms in total. The summed E-state index contributed by atoms with van der Waals surface area (Å²) in [6, 6.07) is 0. The number of nitrogens with one attached hydrogen (secondary N) is 2. The fraction of sp³-hybridized carbons (Fsp3) is 0.900. The quantitative estimate of drug-likeness (QED) is 0.670. The molecule has 1 rings (SSSR count). The minimum absolute atomic E-state index is 0.0645. The van der Waals surface area contributed by atoms with Gasteiger partial charge < -0.3 is 20.1 Å². The number of carbonyl (C=O) groups excluding carboxylic acids is 1. The molecule has 0 aromatic carbocycles. The highest BCUT2D eigenvalue weighted by Gasteiger charge is 2.27. The normalized spacial score (nSPS) is 20.7. The summed E-state index contributed by atoms with van der Waals surface area (Å²) < 4.78 is 44.8. The van der Waals surface area contributed by atoms with Crippen LogP contribution in [0.2, 0.25) is 0 Å². The van der Waals surface area contributed by atoms with Crippen molar-refractivity contribution in [3.05, 3.63) is 0 Å². The molecule has 1 heterocycles. The first-order chi connectivity index (χ1) is 8.47. The highest BCUT2D eigenvalue weighted by Crippen LogP contribution is 2.13. The minimum atomic E-state index is -4.33. The lowest BCUT2D eigenvalue weighted by Gasteiger charge is -2.23. The highest BCUT2D eigenvalue weighted by atomic mass is 19.4. The van der Waals surface area contributed by atoms with Gasteiger partial charge in [0.05, 0.1) is 25.7 Å². The van der Waals surface area contributed by atoms with Crippen molar-refractivity contribution in [2.24, 2.45) is 0 Å². The Bertz CT molecular complexity index is 255. The van der Waals surface area contributed by atoms with Crippen LogP contribution in [-0.2, 0) is 14.3 Å². The van der Waals surface area contributed by atoms with E-state index in [0.717, 1.165) is 6.54 Å². The fourth-order valence-corrected chi connectivity index (χ4v) is 1.48. The van der Waals surface area contributed by atoms with E-state index in [1.165, 1.54) is 0 Å². The molecule has 0 aromatic heterocycles. The van der Waals surface area contributed by atoms with Crippen molar-refractivity contribution >= 4 is 5.91 Å². The van der Waals surface area contributed by atoms with Crippen LogP contribution in [-0.4, -0.2) is 57.6 Å². The Labute approximate surface area is 103 Å². The Morgan fingerprint density at radius 3 is 2.89 bits per heavy atom. The monoisotopic (exact) mass is 270 g/mol. The van der Waals surface area contributed by atoms with E-state index < -0.39 is 12.8 Å². The first-order valence-corrected chi connectivity index (χ1v) is 5.71. The third kappa shape index (κ3) is 7.46. The van der Waals surface area contributed by atoms with Crippen LogP contribution in [0.15, 0.2) is 0 Å². The van der Waals surface area contributed by atoms with Crippen molar-refractivity contribution in [3.8, 4) is 0 Å². The molecule has 1 fully saturated rings. The van der Waals surface area contributed by atoms with Gasteiger partial charge in [-0.2, -0.15) is 13.2 Å². The van der Waals surface area contributed by atoms with Crippen molar-refractivity contribution < 1.29 is 27.4 Å². The molecule has 0 aliphatic carbocycles. The maximum atomic E-state index is 11.7. The first-order valence-electron chi connectivity index (χ1n) is 5.71. The Morgan fingerprint density at radius 1 is 1.50 bits per heavy atom. The average Bonchev–Trinajstić information content (AvgIpc) is 2.28. The lowest BCUT2D eigenvalue weighted by molar-refractivity contribution is -0.173. The molecular weight excluding hydrogens is 253 g/mol. The molecule has 0 saturated carbocycles. The maximum Gasteiger partial charge on any atom is 0.411 e. The predicted molar refractivity (Wildman–Crippen MR) is 57.1 cm³/mol. The zero-order valence-electron chi connectivity index (χ0n) is 9.89. The summed E-state index contributed by atoms with van der Waals surface area (Å²) in [7, 11) is 0. The number of hydrogen-bond donors (Lipinski definition) is 2. The van der Waals surface area contributed by atoms with Gasteiger partial charge in [0.1, 0.15) is 6.61 Å². The van der Waals surface area contributed by atoms with Gasteiger partial charge in [0.15, 0.2) is 0 Å². The van der Waals surface area contributed by atoms with Gasteiger partial charge in [0.25, 0.3) is 0 Å². The van der Waals surface area contributed by atoms with Crippen LogP contribution < -0.4 is 10.6 Å². The molecule has 1 unspecified atom stereocenters. The van der Waals surface area contributed by atoms with Crippen LogP contribution in [0, 0.1) is 0 Å². The summed E-state index contributed by atoms with van der Waals surface area (Å²) >= 11 is 0. The molecule has 106 valence electrons. The Morgan fingerprint density at radius 2 is 2.28 bits per heavy atom. The van der Waals surface area contributed by atoms with E-state index >= 15 is 0 Å². The van der Waals surface area contributed by atoms with Crippen LogP contribution in [0.1, 0.15) is 6.42 Å². The second kappa shape index (κ2) is 7.55. The number of carbonyl (C=O) groups is 1. The smallest absolute Gasteiger partial charge is 0.375 e. The third-order valence-corrected chi connectivity index (χ3v) is 2.25. The molecule has 18 heavy (non-hydrogen) atoms. The largest absolute Gasteiger partial charge is 0.411 e. The zero-order chi connectivity index (χ0) is 13.4. The van der Waals surface area contributed by atoms with Gasteiger partial charge in [0.2, 0.25) is 5.91 Å². The summed E-state index contributed by atoms with van der Waals surface area (Å²) in [5, 5.41) is 5.56. The number of rotatable bonds is 6. The average molecular weight is 270 g/mol. The van der Waals surface area contributed by atoms with Crippen LogP contribution in [0.25, 0.3) is 0 Å². The van der Waals surface area contributed by atoms with E-state index in [2.05, 4.69) is 15.4 Å². The molecule has 0 spiro atoms. The SMILES string of the molecule is O=C(CC1CNCCO1)NCCOCC(F)(F)F. The van der Waals surface area contributed by atoms with Crippen LogP contribution in [0.5, 0.6) is 0 Å². The standard InChI is InChI=1S/C10H17F3N2O3/c11-10(12,13)7-17-3-2-15-9(16)5-8-6-14-1-4-18-8/h8,14H,1-7H2,(H,15,16). The van der Waals surface area contributed by atoms with Crippen LogP contribution in [0.4, 0.5) is 13.2 Å². The van der Waals surface area contributed by atoms with Crippen molar-refractivity contribution in [1.29, 1.82) is 0 Å². The van der Waals surface area contributed by atoms with Gasteiger partial charge in [-0.25, -0.2) is 0 Å². The van der Waals surface area contributed by atoms with Gasteiger partial charge in [0, 0.05) is 19.6 Å². The topological polar surface area (TPSA) is 59.6 Å². The summed E-state index contributed by atoms with van der Waals surface area (Å²) in [6.07, 6.45) is -4.30. The van der Waals surface area contributed by atoms with Gasteiger partial charge >= 0.3 is 6.18 Å². The number of ether oxygens (including phenoxy) is 2. The number of morpholine rings is 1. The van der Waals surface area contributed by atoms with Gasteiger partial charge in [-0.3, -0.25) is 4.79 Å². The highest BCUT2D eigenvalue weighted by molar-refractivity contribution is 5.76. The lowest BCUT2D eigenvalue weighted by atomic mass is 10.2. The molecule has 1 aliphatic heterocycles. The molecule has 0 radical (unpaired) electrons. The fourth-order valence-electron chi connectivity index (χ4n) is 1.48. The number of hydrogen-bond acceptors (Lipinski definition) is 4. The molecule has 1 saturated heterocycles. The molecule has 0 bridgehead atoms. The summed E-state index contributed by atoms with van der Waals surface area (Å²) in [4.78, 5) is 11.4. The molecular formula is C10H17F3N2O3. The second-order valence-electron chi connectivity index (χ2n) is 3.92. The maximum absolute atomic E-state index is 11.7. The Hall–Kier alpha value is -0.860. The Kier molecular flexibility index (Phi) is 6.37. The predicted octanol–water partition coefficient (Wildman–Crippen LogP) is 0.0600. The van der Waals surface area contributed by atoms with E-state index in [9.17, 15) is 18.0 Å². The summed E-state index contributed by atoms with van der Waals surface area (Å²) in [5.41, 5.74) is 0. The summed E-state index contributed by atoms with van der Waals surface area (Å²) in [6.45, 7) is 0.552. The molecule has 0 aromatic rings. The van der Waals surface area contributed by atoms with Gasteiger partial charge in [-0.15, -0.1) is 0 Å². The van der Waals surface area contributed by atoms with Crippen LogP contribution in [0.3, 0.4) is 0 Å². The van der Waals surface area contributed by atoms with Gasteiger partial charge in [-0.1, -0.05) is 0 Å². The number of halogens is 3. The van der Waals surface area contributed by atoms with Crippen molar-refractivity contribution in [2.75, 3.05) is 39.5 Å². The molecule has 2 N–H and O–H groups in total. The van der Waals surface area contributed by atoms with Crippen molar-refractivity contribution in [1.82, 2.24) is 10.6 Å². The summed E-state index contributed by atoms with van der Waals surface area (Å²) in [5.74, 6) is -0.251. The second-order valence-corrected chi connectivity index (χ2v) is 3.92. The molecule has 1 amide bonds. The molecule has 8 heteroatoms. The van der Waals surface area contributed by atoms with Crippen molar-refractivity contribution in [3.63, 3.8) is 0 Å². The van der Waals surface area contributed by atoms with Crippen LogP contribution >= 0.6 is 0 Å². The van der Waals surface area contributed by atoms with E-state index in [1.807, 2.05) is 0 Å².